The normalized spacial score (nSPS) is 34.3. The summed E-state index contributed by atoms with van der Waals surface area (Å²) in [5.41, 5.74) is 9.69. The maximum Gasteiger partial charge on any atom is 0.120 e. The predicted molar refractivity (Wildman–Crippen MR) is 102 cm³/mol. The molecule has 0 spiro atoms. The molecule has 0 atom stereocenters. The topological polar surface area (TPSA) is 35.2 Å². The van der Waals surface area contributed by atoms with Crippen molar-refractivity contribution in [2.45, 2.75) is 56.8 Å². The molecule has 0 unspecified atom stereocenters. The van der Waals surface area contributed by atoms with Crippen LogP contribution in [-0.2, 0) is 5.75 Å². The molecule has 4 heteroatoms. The average molecular weight is 354 g/mol. The molecule has 0 amide bonds. The van der Waals surface area contributed by atoms with Gasteiger partial charge >= 0.3 is 0 Å². The van der Waals surface area contributed by atoms with Crippen LogP contribution in [0.25, 0.3) is 0 Å². The Labute approximate surface area is 150 Å². The second-order valence-electron chi connectivity index (χ2n) is 7.95. The molecule has 0 heterocycles. The molecular formula is C19H28ClNOS. The predicted octanol–water partition coefficient (Wildman–Crippen LogP) is 5.21. The van der Waals surface area contributed by atoms with Crippen molar-refractivity contribution in [3.8, 4) is 5.75 Å². The molecule has 0 radical (unpaired) electrons. The third kappa shape index (κ3) is 3.19. The summed E-state index contributed by atoms with van der Waals surface area (Å²) in [5, 5.41) is 0. The number of aryl methyl sites for hydroxylation is 1. The van der Waals surface area contributed by atoms with Crippen molar-refractivity contribution < 1.29 is 4.74 Å². The number of rotatable bonds is 4. The Morgan fingerprint density at radius 1 is 1.13 bits per heavy atom. The minimum absolute atomic E-state index is 0. The molecule has 4 bridgehead atoms. The molecule has 1 aromatic carbocycles. The summed E-state index contributed by atoms with van der Waals surface area (Å²) in [6.45, 7) is 2.10. The van der Waals surface area contributed by atoms with E-state index in [1.807, 2.05) is 11.8 Å². The van der Waals surface area contributed by atoms with Crippen LogP contribution in [0.4, 0.5) is 5.69 Å². The second-order valence-corrected chi connectivity index (χ2v) is 8.81. The molecule has 128 valence electrons. The lowest BCUT2D eigenvalue weighted by Crippen LogP contribution is -2.53. The third-order valence-electron chi connectivity index (χ3n) is 6.06. The maximum atomic E-state index is 6.67. The highest BCUT2D eigenvalue weighted by molar-refractivity contribution is 7.97. The van der Waals surface area contributed by atoms with E-state index in [1.165, 1.54) is 44.1 Å². The zero-order valence-corrected chi connectivity index (χ0v) is 15.8. The van der Waals surface area contributed by atoms with E-state index in [1.54, 1.807) is 0 Å². The van der Waals surface area contributed by atoms with Crippen molar-refractivity contribution in [1.29, 1.82) is 0 Å². The van der Waals surface area contributed by atoms with E-state index in [0.29, 0.717) is 0 Å². The second kappa shape index (κ2) is 6.40. The number of benzene rings is 1. The number of thioether (sulfide) groups is 1. The third-order valence-corrected chi connectivity index (χ3v) is 6.66. The molecule has 4 aliphatic rings. The Morgan fingerprint density at radius 3 is 2.22 bits per heavy atom. The van der Waals surface area contributed by atoms with E-state index in [2.05, 4.69) is 25.3 Å². The van der Waals surface area contributed by atoms with E-state index in [9.17, 15) is 0 Å². The number of nitrogen functional groups attached to an aromatic ring is 1. The van der Waals surface area contributed by atoms with Crippen molar-refractivity contribution in [3.05, 3.63) is 23.3 Å². The molecule has 0 saturated heterocycles. The summed E-state index contributed by atoms with van der Waals surface area (Å²) in [5.74, 6) is 4.79. The number of anilines is 1. The van der Waals surface area contributed by atoms with Crippen molar-refractivity contribution in [2.24, 2.45) is 17.8 Å². The van der Waals surface area contributed by atoms with E-state index in [4.69, 9.17) is 10.5 Å². The van der Waals surface area contributed by atoms with Gasteiger partial charge in [0.25, 0.3) is 0 Å². The van der Waals surface area contributed by atoms with Crippen LogP contribution in [0, 0.1) is 24.7 Å². The quantitative estimate of drug-likeness (QED) is 0.754. The first-order valence-electron chi connectivity index (χ1n) is 8.64. The largest absolute Gasteiger partial charge is 0.487 e. The van der Waals surface area contributed by atoms with Crippen LogP contribution >= 0.6 is 24.2 Å². The highest BCUT2D eigenvalue weighted by atomic mass is 35.5. The molecule has 23 heavy (non-hydrogen) atoms. The van der Waals surface area contributed by atoms with Gasteiger partial charge in [0.15, 0.2) is 0 Å². The van der Waals surface area contributed by atoms with Crippen molar-refractivity contribution >= 4 is 29.9 Å². The average Bonchev–Trinajstić information content (AvgIpc) is 2.42. The van der Waals surface area contributed by atoms with Crippen LogP contribution in [0.15, 0.2) is 12.1 Å². The molecule has 0 aliphatic heterocycles. The molecule has 4 saturated carbocycles. The Kier molecular flexibility index (Phi) is 4.81. The van der Waals surface area contributed by atoms with Gasteiger partial charge in [-0.15, -0.1) is 12.4 Å². The van der Waals surface area contributed by atoms with Crippen molar-refractivity contribution in [2.75, 3.05) is 12.0 Å². The molecule has 1 aromatic rings. The van der Waals surface area contributed by atoms with Gasteiger partial charge in [-0.3, -0.25) is 0 Å². The van der Waals surface area contributed by atoms with Gasteiger partial charge in [-0.1, -0.05) is 0 Å². The fourth-order valence-corrected chi connectivity index (χ4v) is 6.13. The summed E-state index contributed by atoms with van der Waals surface area (Å²) >= 11 is 1.82. The Bertz CT molecular complexity index is 554. The lowest BCUT2D eigenvalue weighted by atomic mass is 9.54. The number of nitrogens with two attached hydrogens (primary N) is 1. The smallest absolute Gasteiger partial charge is 0.120 e. The van der Waals surface area contributed by atoms with Gasteiger partial charge in [0.1, 0.15) is 11.4 Å². The minimum Gasteiger partial charge on any atom is -0.487 e. The van der Waals surface area contributed by atoms with Gasteiger partial charge in [-0.05, 0) is 92.7 Å². The zero-order valence-electron chi connectivity index (χ0n) is 14.1. The summed E-state index contributed by atoms with van der Waals surface area (Å²) < 4.78 is 6.67. The molecule has 0 aromatic heterocycles. The number of hydrogen-bond donors (Lipinski definition) is 1. The first-order chi connectivity index (χ1) is 10.6. The van der Waals surface area contributed by atoms with Gasteiger partial charge < -0.3 is 10.5 Å². The Hall–Kier alpha value is -0.540. The lowest BCUT2D eigenvalue weighted by molar-refractivity contribution is -0.107. The highest BCUT2D eigenvalue weighted by Crippen LogP contribution is 2.57. The fraction of sp³-hybridized carbons (Fsp3) is 0.684. The van der Waals surface area contributed by atoms with Crippen molar-refractivity contribution in [3.63, 3.8) is 0 Å². The molecule has 2 nitrogen and oxygen atoms in total. The number of halogens is 1. The lowest BCUT2D eigenvalue weighted by Gasteiger charge is -2.56. The van der Waals surface area contributed by atoms with Crippen LogP contribution in [0.5, 0.6) is 5.75 Å². The minimum atomic E-state index is 0. The Balaban J connectivity index is 0.00000156. The van der Waals surface area contributed by atoms with Crippen LogP contribution in [0.2, 0.25) is 0 Å². The number of ether oxygens (including phenoxy) is 1. The van der Waals surface area contributed by atoms with E-state index >= 15 is 0 Å². The zero-order chi connectivity index (χ0) is 15.3. The fourth-order valence-electron chi connectivity index (χ4n) is 5.58. The van der Waals surface area contributed by atoms with Crippen LogP contribution in [0.3, 0.4) is 0 Å². The maximum absolute atomic E-state index is 6.67. The van der Waals surface area contributed by atoms with Gasteiger partial charge in [0, 0.05) is 11.4 Å². The first-order valence-corrected chi connectivity index (χ1v) is 10.0. The van der Waals surface area contributed by atoms with Crippen molar-refractivity contribution in [1.82, 2.24) is 0 Å². The highest BCUT2D eigenvalue weighted by Gasteiger charge is 2.52. The standard InChI is InChI=1S/C19H27NOS.ClH/c1-12-3-17(7-16(11-22-2)18(12)20)21-19-8-13-4-14(9-19)6-15(5-13)10-19;/h3,7,13-15H,4-6,8-11,20H2,1-2H3;1H. The molecular weight excluding hydrogens is 326 g/mol. The number of hydrogen-bond acceptors (Lipinski definition) is 3. The first kappa shape index (κ1) is 17.3. The molecule has 2 N–H and O–H groups in total. The van der Waals surface area contributed by atoms with Crippen LogP contribution in [-0.4, -0.2) is 11.9 Å². The molecule has 5 rings (SSSR count). The van der Waals surface area contributed by atoms with E-state index in [0.717, 1.165) is 40.5 Å². The van der Waals surface area contributed by atoms with Gasteiger partial charge in [-0.25, -0.2) is 0 Å². The summed E-state index contributed by atoms with van der Waals surface area (Å²) in [6, 6.07) is 4.34. The SMILES string of the molecule is CSCc1cc(OC23CC4CC(CC(C4)C2)C3)cc(C)c1N.Cl. The van der Waals surface area contributed by atoms with E-state index in [-0.39, 0.29) is 18.0 Å². The van der Waals surface area contributed by atoms with E-state index < -0.39 is 0 Å². The molecule has 4 aliphatic carbocycles. The van der Waals surface area contributed by atoms with Gasteiger partial charge in [0.05, 0.1) is 0 Å². The summed E-state index contributed by atoms with van der Waals surface area (Å²) in [7, 11) is 0. The molecule has 4 fully saturated rings. The van der Waals surface area contributed by atoms with Crippen LogP contribution in [0.1, 0.15) is 49.7 Å². The Morgan fingerprint density at radius 2 is 1.70 bits per heavy atom. The van der Waals surface area contributed by atoms with Gasteiger partial charge in [-0.2, -0.15) is 11.8 Å². The monoisotopic (exact) mass is 353 g/mol. The summed E-state index contributed by atoms with van der Waals surface area (Å²) in [6.07, 6.45) is 10.3. The van der Waals surface area contributed by atoms with Crippen LogP contribution < -0.4 is 10.5 Å². The van der Waals surface area contributed by atoms with Gasteiger partial charge in [0.2, 0.25) is 0 Å². The summed E-state index contributed by atoms with van der Waals surface area (Å²) in [4.78, 5) is 0.